The molecule has 0 saturated carbocycles. The maximum Gasteiger partial charge on any atom is 0.272 e. The van der Waals surface area contributed by atoms with Crippen molar-refractivity contribution < 1.29 is 4.79 Å². The maximum absolute atomic E-state index is 11.9. The van der Waals surface area contributed by atoms with Gasteiger partial charge in [0.2, 0.25) is 0 Å². The first kappa shape index (κ1) is 14.2. The number of piperidine rings is 1. The predicted molar refractivity (Wildman–Crippen MR) is 74.3 cm³/mol. The second kappa shape index (κ2) is 6.82. The molecule has 1 fully saturated rings. The highest BCUT2D eigenvalue weighted by atomic mass is 35.5. The van der Waals surface area contributed by atoms with Gasteiger partial charge in [-0.2, -0.15) is 0 Å². The number of carbonyl (C=O) groups is 1. The predicted octanol–water partition coefficient (Wildman–Crippen LogP) is 1.73. The monoisotopic (exact) mass is 282 g/mol. The second-order valence-corrected chi connectivity index (χ2v) is 5.36. The van der Waals surface area contributed by atoms with Crippen molar-refractivity contribution in [2.75, 3.05) is 19.6 Å². The Morgan fingerprint density at radius 1 is 1.37 bits per heavy atom. The van der Waals surface area contributed by atoms with Gasteiger partial charge in [-0.3, -0.25) is 4.79 Å². The maximum atomic E-state index is 11.9. The largest absolute Gasteiger partial charge is 0.347 e. The van der Waals surface area contributed by atoms with E-state index in [2.05, 4.69) is 20.4 Å². The average Bonchev–Trinajstić information content (AvgIpc) is 2.40. The highest BCUT2D eigenvalue weighted by Gasteiger charge is 2.16. The fourth-order valence-corrected chi connectivity index (χ4v) is 2.41. The van der Waals surface area contributed by atoms with Gasteiger partial charge in [-0.25, -0.2) is 0 Å². The van der Waals surface area contributed by atoms with E-state index < -0.39 is 0 Å². The lowest BCUT2D eigenvalue weighted by Crippen LogP contribution is -2.43. The fraction of sp³-hybridized carbons (Fsp3) is 0.615. The van der Waals surface area contributed by atoms with Crippen LogP contribution < -0.4 is 5.32 Å². The van der Waals surface area contributed by atoms with Crippen LogP contribution in [-0.2, 0) is 0 Å². The molecule has 1 aromatic rings. The molecule has 1 atom stereocenters. The first-order chi connectivity index (χ1) is 9.15. The molecular formula is C13H19ClN4O. The van der Waals surface area contributed by atoms with Crippen molar-refractivity contribution in [3.05, 3.63) is 23.0 Å². The SMILES string of the molecule is CC(CN1CCCCC1)NC(=O)c1ccc(Cl)nn1. The average molecular weight is 283 g/mol. The number of nitrogens with zero attached hydrogens (tertiary/aromatic N) is 3. The van der Waals surface area contributed by atoms with Crippen molar-refractivity contribution in [1.82, 2.24) is 20.4 Å². The molecule has 104 valence electrons. The summed E-state index contributed by atoms with van der Waals surface area (Å²) in [5, 5.41) is 10.7. The standard InChI is InChI=1S/C13H19ClN4O/c1-10(9-18-7-3-2-4-8-18)15-13(19)11-5-6-12(14)17-16-11/h5-6,10H,2-4,7-9H2,1H3,(H,15,19). The summed E-state index contributed by atoms with van der Waals surface area (Å²) in [4.78, 5) is 14.3. The van der Waals surface area contributed by atoms with Crippen molar-refractivity contribution in [1.29, 1.82) is 0 Å². The Bertz CT molecular complexity index is 417. The van der Waals surface area contributed by atoms with E-state index in [1.165, 1.54) is 19.3 Å². The van der Waals surface area contributed by atoms with Gasteiger partial charge in [0.05, 0.1) is 0 Å². The first-order valence-corrected chi connectivity index (χ1v) is 7.05. The molecule has 1 saturated heterocycles. The molecular weight excluding hydrogens is 264 g/mol. The molecule has 2 heterocycles. The van der Waals surface area contributed by atoms with Crippen LogP contribution in [0.2, 0.25) is 5.15 Å². The molecule has 0 aromatic carbocycles. The Kier molecular flexibility index (Phi) is 5.10. The molecule has 19 heavy (non-hydrogen) atoms. The molecule has 6 heteroatoms. The summed E-state index contributed by atoms with van der Waals surface area (Å²) in [7, 11) is 0. The van der Waals surface area contributed by atoms with Gasteiger partial charge in [0, 0.05) is 12.6 Å². The molecule has 0 aliphatic carbocycles. The Hall–Kier alpha value is -1.20. The lowest BCUT2D eigenvalue weighted by molar-refractivity contribution is 0.0919. The van der Waals surface area contributed by atoms with Crippen LogP contribution in [0.5, 0.6) is 0 Å². The lowest BCUT2D eigenvalue weighted by atomic mass is 10.1. The van der Waals surface area contributed by atoms with Gasteiger partial charge in [-0.05, 0) is 45.0 Å². The van der Waals surface area contributed by atoms with Gasteiger partial charge in [0.1, 0.15) is 0 Å². The Labute approximate surface area is 118 Å². The van der Waals surface area contributed by atoms with Crippen molar-refractivity contribution in [2.45, 2.75) is 32.2 Å². The number of rotatable bonds is 4. The third kappa shape index (κ3) is 4.44. The number of hydrogen-bond acceptors (Lipinski definition) is 4. The van der Waals surface area contributed by atoms with E-state index >= 15 is 0 Å². The van der Waals surface area contributed by atoms with E-state index in [9.17, 15) is 4.79 Å². The van der Waals surface area contributed by atoms with Gasteiger partial charge >= 0.3 is 0 Å². The Balaban J connectivity index is 1.82. The summed E-state index contributed by atoms with van der Waals surface area (Å²) in [6, 6.07) is 3.25. The molecule has 0 bridgehead atoms. The highest BCUT2D eigenvalue weighted by molar-refractivity contribution is 6.29. The van der Waals surface area contributed by atoms with Gasteiger partial charge in [-0.1, -0.05) is 18.0 Å². The van der Waals surface area contributed by atoms with Gasteiger partial charge in [0.15, 0.2) is 10.8 Å². The summed E-state index contributed by atoms with van der Waals surface area (Å²) in [6.07, 6.45) is 3.82. The zero-order valence-electron chi connectivity index (χ0n) is 11.1. The normalized spacial score (nSPS) is 18.0. The minimum absolute atomic E-state index is 0.100. The summed E-state index contributed by atoms with van der Waals surface area (Å²) in [5.41, 5.74) is 0.301. The number of carbonyl (C=O) groups excluding carboxylic acids is 1. The molecule has 1 amide bonds. The molecule has 0 radical (unpaired) electrons. The number of halogens is 1. The van der Waals surface area contributed by atoms with E-state index in [1.54, 1.807) is 12.1 Å². The number of nitrogens with one attached hydrogen (secondary N) is 1. The van der Waals surface area contributed by atoms with E-state index in [4.69, 9.17) is 11.6 Å². The Morgan fingerprint density at radius 3 is 2.74 bits per heavy atom. The van der Waals surface area contributed by atoms with Crippen LogP contribution in [0.1, 0.15) is 36.7 Å². The lowest BCUT2D eigenvalue weighted by Gasteiger charge is -2.29. The third-order valence-corrected chi connectivity index (χ3v) is 3.42. The molecule has 1 N–H and O–H groups in total. The van der Waals surface area contributed by atoms with E-state index in [0.29, 0.717) is 5.69 Å². The van der Waals surface area contributed by atoms with Crippen LogP contribution >= 0.6 is 11.6 Å². The third-order valence-electron chi connectivity index (χ3n) is 3.22. The molecule has 5 nitrogen and oxygen atoms in total. The molecule has 1 unspecified atom stereocenters. The fourth-order valence-electron chi connectivity index (χ4n) is 2.31. The minimum Gasteiger partial charge on any atom is -0.347 e. The highest BCUT2D eigenvalue weighted by Crippen LogP contribution is 2.09. The van der Waals surface area contributed by atoms with Crippen LogP contribution in [-0.4, -0.2) is 46.7 Å². The number of aromatic nitrogens is 2. The van der Waals surface area contributed by atoms with Crippen LogP contribution in [0.3, 0.4) is 0 Å². The minimum atomic E-state index is -0.200. The smallest absolute Gasteiger partial charge is 0.272 e. The van der Waals surface area contributed by atoms with Crippen molar-refractivity contribution in [3.63, 3.8) is 0 Å². The molecule has 0 spiro atoms. The van der Waals surface area contributed by atoms with Gasteiger partial charge in [-0.15, -0.1) is 10.2 Å². The summed E-state index contributed by atoms with van der Waals surface area (Å²) in [5.74, 6) is -0.200. The molecule has 1 aliphatic heterocycles. The first-order valence-electron chi connectivity index (χ1n) is 6.67. The summed E-state index contributed by atoms with van der Waals surface area (Å²) < 4.78 is 0. The molecule has 2 rings (SSSR count). The van der Waals surface area contributed by atoms with Crippen LogP contribution in [0, 0.1) is 0 Å². The van der Waals surface area contributed by atoms with E-state index in [1.807, 2.05) is 6.92 Å². The zero-order chi connectivity index (χ0) is 13.7. The Morgan fingerprint density at radius 2 is 2.11 bits per heavy atom. The second-order valence-electron chi connectivity index (χ2n) is 4.98. The van der Waals surface area contributed by atoms with Crippen molar-refractivity contribution in [2.24, 2.45) is 0 Å². The number of likely N-dealkylation sites (tertiary alicyclic amines) is 1. The topological polar surface area (TPSA) is 58.1 Å². The molecule has 1 aliphatic rings. The quantitative estimate of drug-likeness (QED) is 0.914. The van der Waals surface area contributed by atoms with Crippen molar-refractivity contribution >= 4 is 17.5 Å². The van der Waals surface area contributed by atoms with Crippen LogP contribution in [0.25, 0.3) is 0 Å². The zero-order valence-corrected chi connectivity index (χ0v) is 11.9. The van der Waals surface area contributed by atoms with Crippen LogP contribution in [0.4, 0.5) is 0 Å². The summed E-state index contributed by atoms with van der Waals surface area (Å²) >= 11 is 5.64. The van der Waals surface area contributed by atoms with Gasteiger partial charge in [0.25, 0.3) is 5.91 Å². The van der Waals surface area contributed by atoms with Gasteiger partial charge < -0.3 is 10.2 Å². The number of hydrogen-bond donors (Lipinski definition) is 1. The number of amides is 1. The van der Waals surface area contributed by atoms with E-state index in [0.717, 1.165) is 19.6 Å². The molecule has 1 aromatic heterocycles. The van der Waals surface area contributed by atoms with Crippen LogP contribution in [0.15, 0.2) is 12.1 Å². The van der Waals surface area contributed by atoms with E-state index in [-0.39, 0.29) is 17.1 Å². The summed E-state index contributed by atoms with van der Waals surface area (Å²) in [6.45, 7) is 5.14. The van der Waals surface area contributed by atoms with Crippen molar-refractivity contribution in [3.8, 4) is 0 Å².